The van der Waals surface area contributed by atoms with E-state index in [-0.39, 0.29) is 11.6 Å². The topological polar surface area (TPSA) is 26.3 Å². The average Bonchev–Trinajstić information content (AvgIpc) is 2.11. The lowest BCUT2D eigenvalue weighted by atomic mass is 9.61. The van der Waals surface area contributed by atoms with E-state index in [1.54, 1.807) is 6.92 Å². The van der Waals surface area contributed by atoms with Gasteiger partial charge in [0.1, 0.15) is 5.60 Å². The van der Waals surface area contributed by atoms with Gasteiger partial charge in [-0.3, -0.25) is 0 Å². The summed E-state index contributed by atoms with van der Waals surface area (Å²) in [6.45, 7) is 5.34. The predicted octanol–water partition coefficient (Wildman–Crippen LogP) is 2.83. The van der Waals surface area contributed by atoms with E-state index >= 15 is 0 Å². The molecule has 2 unspecified atom stereocenters. The minimum absolute atomic E-state index is 0.0890. The minimum atomic E-state index is -0.198. The van der Waals surface area contributed by atoms with Gasteiger partial charge in [-0.1, -0.05) is 13.0 Å². The van der Waals surface area contributed by atoms with Gasteiger partial charge in [-0.2, -0.15) is 0 Å². The van der Waals surface area contributed by atoms with E-state index in [0.717, 1.165) is 12.8 Å². The van der Waals surface area contributed by atoms with E-state index in [2.05, 4.69) is 6.58 Å². The fourth-order valence-electron chi connectivity index (χ4n) is 2.68. The molecule has 78 valence electrons. The van der Waals surface area contributed by atoms with Crippen LogP contribution in [0.4, 0.5) is 0 Å². The Morgan fingerprint density at radius 1 is 1.36 bits per heavy atom. The molecule has 0 spiro atoms. The van der Waals surface area contributed by atoms with Gasteiger partial charge in [-0.05, 0) is 44.9 Å². The highest BCUT2D eigenvalue weighted by Gasteiger charge is 2.50. The van der Waals surface area contributed by atoms with Gasteiger partial charge < -0.3 is 4.74 Å². The molecule has 0 radical (unpaired) electrons. The molecule has 0 amide bonds. The van der Waals surface area contributed by atoms with Crippen LogP contribution in [0.25, 0.3) is 0 Å². The van der Waals surface area contributed by atoms with Gasteiger partial charge in [-0.15, -0.1) is 0 Å². The quantitative estimate of drug-likeness (QED) is 0.499. The van der Waals surface area contributed by atoms with E-state index in [4.69, 9.17) is 4.74 Å². The molecule has 14 heavy (non-hydrogen) atoms. The van der Waals surface area contributed by atoms with Crippen molar-refractivity contribution in [3.63, 3.8) is 0 Å². The summed E-state index contributed by atoms with van der Waals surface area (Å²) in [4.78, 5) is 11.5. The Morgan fingerprint density at radius 3 is 2.64 bits per heavy atom. The Morgan fingerprint density at radius 2 is 2.14 bits per heavy atom. The van der Waals surface area contributed by atoms with Crippen molar-refractivity contribution >= 4 is 5.97 Å². The first-order valence-corrected chi connectivity index (χ1v) is 5.53. The minimum Gasteiger partial charge on any atom is -0.455 e. The normalized spacial score (nSPS) is 35.4. The highest BCUT2D eigenvalue weighted by molar-refractivity contribution is 5.87. The average molecular weight is 194 g/mol. The van der Waals surface area contributed by atoms with Crippen LogP contribution in [-0.2, 0) is 9.53 Å². The maximum absolute atomic E-state index is 11.5. The number of rotatable bonds is 2. The number of fused-ring (bicyclic) bond motifs is 1. The molecule has 0 aromatic carbocycles. The predicted molar refractivity (Wildman–Crippen MR) is 54.8 cm³/mol. The number of ether oxygens (including phenoxy) is 1. The first kappa shape index (κ1) is 9.75. The zero-order chi connectivity index (χ0) is 10.2. The molecular weight excluding hydrogens is 176 g/mol. The molecule has 2 saturated carbocycles. The first-order valence-electron chi connectivity index (χ1n) is 5.53. The summed E-state index contributed by atoms with van der Waals surface area (Å²) in [6.07, 6.45) is 7.12. The molecule has 0 aromatic rings. The van der Waals surface area contributed by atoms with Crippen molar-refractivity contribution in [3.8, 4) is 0 Å². The number of carbonyl (C=O) groups excluding carboxylic acids is 1. The Balaban J connectivity index is 2.01. The van der Waals surface area contributed by atoms with Crippen LogP contribution < -0.4 is 0 Å². The maximum atomic E-state index is 11.5. The summed E-state index contributed by atoms with van der Waals surface area (Å²) in [5.74, 6) is 0.441. The van der Waals surface area contributed by atoms with Crippen LogP contribution in [0.2, 0.25) is 0 Å². The summed E-state index contributed by atoms with van der Waals surface area (Å²) in [7, 11) is 0. The molecule has 0 saturated heterocycles. The van der Waals surface area contributed by atoms with E-state index in [9.17, 15) is 4.79 Å². The van der Waals surface area contributed by atoms with Crippen LogP contribution in [0.3, 0.4) is 0 Å². The molecule has 2 fully saturated rings. The van der Waals surface area contributed by atoms with Gasteiger partial charge in [-0.25, -0.2) is 4.79 Å². The van der Waals surface area contributed by atoms with Gasteiger partial charge in [0.25, 0.3) is 0 Å². The smallest absolute Gasteiger partial charge is 0.333 e. The fraction of sp³-hybridized carbons (Fsp3) is 0.750. The van der Waals surface area contributed by atoms with Gasteiger partial charge >= 0.3 is 5.97 Å². The Hall–Kier alpha value is -0.790. The molecule has 2 aliphatic carbocycles. The van der Waals surface area contributed by atoms with Gasteiger partial charge in [0, 0.05) is 5.57 Å². The van der Waals surface area contributed by atoms with Gasteiger partial charge in [0.2, 0.25) is 0 Å². The Bertz CT molecular complexity index is 269. The number of esters is 1. The molecule has 0 aliphatic heterocycles. The lowest BCUT2D eigenvalue weighted by molar-refractivity contribution is -0.185. The summed E-state index contributed by atoms with van der Waals surface area (Å²) in [5, 5.41) is 0. The maximum Gasteiger partial charge on any atom is 0.333 e. The summed E-state index contributed by atoms with van der Waals surface area (Å²) >= 11 is 0. The molecule has 0 aromatic heterocycles. The highest BCUT2D eigenvalue weighted by Crippen LogP contribution is 2.51. The van der Waals surface area contributed by atoms with Crippen LogP contribution in [-0.4, -0.2) is 11.6 Å². The molecule has 0 heterocycles. The fourth-order valence-corrected chi connectivity index (χ4v) is 2.68. The zero-order valence-corrected chi connectivity index (χ0v) is 8.84. The molecule has 0 N–H and O–H groups in total. The standard InChI is InChI=1S/C12H18O2/c1-9(2)11(13)14-12-7-4-3-5-10(12)6-8-12/h10H,1,3-8H2,2H3. The largest absolute Gasteiger partial charge is 0.455 e. The second kappa shape index (κ2) is 3.41. The lowest BCUT2D eigenvalue weighted by Crippen LogP contribution is -2.52. The van der Waals surface area contributed by atoms with Crippen molar-refractivity contribution in [2.45, 2.75) is 51.0 Å². The van der Waals surface area contributed by atoms with Crippen molar-refractivity contribution in [2.24, 2.45) is 5.92 Å². The van der Waals surface area contributed by atoms with Crippen molar-refractivity contribution in [3.05, 3.63) is 12.2 Å². The van der Waals surface area contributed by atoms with Crippen LogP contribution in [0.1, 0.15) is 45.4 Å². The molecule has 0 bridgehead atoms. The van der Waals surface area contributed by atoms with Crippen molar-refractivity contribution < 1.29 is 9.53 Å². The molecule has 2 heteroatoms. The second-order valence-electron chi connectivity index (χ2n) is 4.72. The molecular formula is C12H18O2. The summed E-state index contributed by atoms with van der Waals surface area (Å²) < 4.78 is 5.60. The van der Waals surface area contributed by atoms with Crippen molar-refractivity contribution in [2.75, 3.05) is 0 Å². The van der Waals surface area contributed by atoms with Gasteiger partial charge in [0.05, 0.1) is 0 Å². The van der Waals surface area contributed by atoms with Crippen LogP contribution >= 0.6 is 0 Å². The lowest BCUT2D eigenvalue weighted by Gasteiger charge is -2.51. The number of hydrogen-bond donors (Lipinski definition) is 0. The van der Waals surface area contributed by atoms with Crippen LogP contribution in [0.5, 0.6) is 0 Å². The monoisotopic (exact) mass is 194 g/mol. The van der Waals surface area contributed by atoms with E-state index in [0.29, 0.717) is 11.5 Å². The van der Waals surface area contributed by atoms with E-state index in [1.807, 2.05) is 0 Å². The first-order chi connectivity index (χ1) is 6.64. The summed E-state index contributed by atoms with van der Waals surface area (Å²) in [5.41, 5.74) is 0.435. The third kappa shape index (κ3) is 1.47. The second-order valence-corrected chi connectivity index (χ2v) is 4.72. The summed E-state index contributed by atoms with van der Waals surface area (Å²) in [6, 6.07) is 0. The Labute approximate surface area is 85.3 Å². The van der Waals surface area contributed by atoms with Gasteiger partial charge in [0.15, 0.2) is 0 Å². The van der Waals surface area contributed by atoms with E-state index in [1.165, 1.54) is 25.7 Å². The van der Waals surface area contributed by atoms with E-state index < -0.39 is 0 Å². The molecule has 2 nitrogen and oxygen atoms in total. The van der Waals surface area contributed by atoms with Crippen LogP contribution in [0.15, 0.2) is 12.2 Å². The Kier molecular flexibility index (Phi) is 2.38. The SMILES string of the molecule is C=C(C)C(=O)OC12CCCCC1CC2. The zero-order valence-electron chi connectivity index (χ0n) is 8.84. The third-order valence-corrected chi connectivity index (χ3v) is 3.71. The molecule has 2 atom stereocenters. The molecule has 2 rings (SSSR count). The van der Waals surface area contributed by atoms with Crippen LogP contribution in [0, 0.1) is 5.92 Å². The van der Waals surface area contributed by atoms with Crippen molar-refractivity contribution in [1.29, 1.82) is 0 Å². The number of hydrogen-bond acceptors (Lipinski definition) is 2. The molecule has 2 aliphatic rings. The number of carbonyl (C=O) groups is 1. The third-order valence-electron chi connectivity index (χ3n) is 3.71. The van der Waals surface area contributed by atoms with Crippen molar-refractivity contribution in [1.82, 2.24) is 0 Å². The highest BCUT2D eigenvalue weighted by atomic mass is 16.6.